The van der Waals surface area contributed by atoms with Crippen LogP contribution >= 0.6 is 0 Å². The zero-order valence-electron chi connectivity index (χ0n) is 10.6. The maximum absolute atomic E-state index is 11.7. The summed E-state index contributed by atoms with van der Waals surface area (Å²) in [6.45, 7) is 4.35. The minimum Gasteiger partial charge on any atom is -0.274 e. The molecule has 0 saturated carbocycles. The van der Waals surface area contributed by atoms with Gasteiger partial charge in [0.1, 0.15) is 0 Å². The van der Waals surface area contributed by atoms with Gasteiger partial charge in [-0.1, -0.05) is 38.1 Å². The SMILES string of the molecule is CC(C)c1ccc(CN2C(=O)CCS2(=O)=O)cc1. The van der Waals surface area contributed by atoms with Crippen molar-refractivity contribution in [3.8, 4) is 0 Å². The molecule has 0 N–H and O–H groups in total. The van der Waals surface area contributed by atoms with E-state index in [9.17, 15) is 13.2 Å². The molecular formula is C13H17NO3S. The molecule has 1 aromatic rings. The van der Waals surface area contributed by atoms with Crippen molar-refractivity contribution in [1.82, 2.24) is 4.31 Å². The van der Waals surface area contributed by atoms with Crippen molar-refractivity contribution in [3.05, 3.63) is 35.4 Å². The molecule has 1 saturated heterocycles. The Hall–Kier alpha value is -1.36. The van der Waals surface area contributed by atoms with Gasteiger partial charge >= 0.3 is 0 Å². The first kappa shape index (κ1) is 13.1. The fourth-order valence-corrected chi connectivity index (χ4v) is 3.37. The van der Waals surface area contributed by atoms with E-state index < -0.39 is 10.0 Å². The van der Waals surface area contributed by atoms with E-state index >= 15 is 0 Å². The summed E-state index contributed by atoms with van der Waals surface area (Å²) < 4.78 is 24.3. The van der Waals surface area contributed by atoms with Gasteiger partial charge in [0.2, 0.25) is 15.9 Å². The largest absolute Gasteiger partial charge is 0.274 e. The van der Waals surface area contributed by atoms with Crippen LogP contribution in [0.15, 0.2) is 24.3 Å². The van der Waals surface area contributed by atoms with Crippen LogP contribution in [-0.2, 0) is 21.4 Å². The molecule has 1 aromatic carbocycles. The van der Waals surface area contributed by atoms with Crippen molar-refractivity contribution >= 4 is 15.9 Å². The predicted molar refractivity (Wildman–Crippen MR) is 69.5 cm³/mol. The van der Waals surface area contributed by atoms with Gasteiger partial charge in [-0.25, -0.2) is 12.7 Å². The molecule has 1 aliphatic rings. The number of hydrogen-bond acceptors (Lipinski definition) is 3. The molecule has 1 aliphatic heterocycles. The van der Waals surface area contributed by atoms with Gasteiger partial charge in [-0.3, -0.25) is 4.79 Å². The number of amides is 1. The molecule has 0 aliphatic carbocycles. The number of hydrogen-bond donors (Lipinski definition) is 0. The zero-order valence-corrected chi connectivity index (χ0v) is 11.4. The fraction of sp³-hybridized carbons (Fsp3) is 0.462. The van der Waals surface area contributed by atoms with Crippen molar-refractivity contribution in [3.63, 3.8) is 0 Å². The minimum atomic E-state index is -3.38. The third-order valence-electron chi connectivity index (χ3n) is 3.16. The molecule has 98 valence electrons. The Bertz CT molecular complexity index is 546. The topological polar surface area (TPSA) is 54.5 Å². The van der Waals surface area contributed by atoms with Gasteiger partial charge < -0.3 is 0 Å². The summed E-state index contributed by atoms with van der Waals surface area (Å²) in [6, 6.07) is 7.73. The highest BCUT2D eigenvalue weighted by Crippen LogP contribution is 2.20. The zero-order chi connectivity index (χ0) is 13.3. The van der Waals surface area contributed by atoms with Crippen molar-refractivity contribution < 1.29 is 13.2 Å². The maximum Gasteiger partial charge on any atom is 0.238 e. The summed E-state index contributed by atoms with van der Waals surface area (Å²) in [5.41, 5.74) is 2.05. The lowest BCUT2D eigenvalue weighted by molar-refractivity contribution is -0.125. The number of benzene rings is 1. The van der Waals surface area contributed by atoms with Crippen LogP contribution in [0.2, 0.25) is 0 Å². The summed E-state index contributed by atoms with van der Waals surface area (Å²) in [4.78, 5) is 11.5. The molecule has 2 rings (SSSR count). The van der Waals surface area contributed by atoms with E-state index in [-0.39, 0.29) is 24.6 Å². The lowest BCUT2D eigenvalue weighted by atomic mass is 10.0. The molecule has 0 aromatic heterocycles. The molecule has 0 bridgehead atoms. The van der Waals surface area contributed by atoms with Crippen LogP contribution < -0.4 is 0 Å². The first-order chi connectivity index (χ1) is 8.40. The molecule has 18 heavy (non-hydrogen) atoms. The molecule has 0 radical (unpaired) electrons. The first-order valence-corrected chi connectivity index (χ1v) is 7.63. The molecule has 5 heteroatoms. The lowest BCUT2D eigenvalue weighted by Gasteiger charge is -2.15. The van der Waals surface area contributed by atoms with E-state index in [0.717, 1.165) is 9.87 Å². The Labute approximate surface area is 108 Å². The van der Waals surface area contributed by atoms with Gasteiger partial charge in [0, 0.05) is 6.42 Å². The number of nitrogens with zero attached hydrogens (tertiary/aromatic N) is 1. The average Bonchev–Trinajstić information content (AvgIpc) is 2.57. The number of rotatable bonds is 3. The van der Waals surface area contributed by atoms with Crippen LogP contribution in [0.5, 0.6) is 0 Å². The van der Waals surface area contributed by atoms with Crippen molar-refractivity contribution in [2.75, 3.05) is 5.75 Å². The monoisotopic (exact) mass is 267 g/mol. The fourth-order valence-electron chi connectivity index (χ4n) is 1.97. The number of sulfonamides is 1. The van der Waals surface area contributed by atoms with E-state index in [4.69, 9.17) is 0 Å². The van der Waals surface area contributed by atoms with Gasteiger partial charge in [0.25, 0.3) is 0 Å². The lowest BCUT2D eigenvalue weighted by Crippen LogP contribution is -2.28. The van der Waals surface area contributed by atoms with Crippen LogP contribution in [0.4, 0.5) is 0 Å². The van der Waals surface area contributed by atoms with E-state index in [1.807, 2.05) is 24.3 Å². The Balaban J connectivity index is 2.17. The first-order valence-electron chi connectivity index (χ1n) is 6.02. The van der Waals surface area contributed by atoms with Gasteiger partial charge in [-0.15, -0.1) is 0 Å². The summed E-state index contributed by atoms with van der Waals surface area (Å²) in [7, 11) is -3.38. The van der Waals surface area contributed by atoms with Crippen molar-refractivity contribution in [2.45, 2.75) is 32.7 Å². The third-order valence-corrected chi connectivity index (χ3v) is 4.88. The van der Waals surface area contributed by atoms with E-state index in [0.29, 0.717) is 5.92 Å². The van der Waals surface area contributed by atoms with Gasteiger partial charge in [-0.2, -0.15) is 0 Å². The Morgan fingerprint density at radius 2 is 1.83 bits per heavy atom. The Morgan fingerprint density at radius 1 is 1.22 bits per heavy atom. The molecule has 1 heterocycles. The van der Waals surface area contributed by atoms with Crippen molar-refractivity contribution in [2.24, 2.45) is 0 Å². The Kier molecular flexibility index (Phi) is 3.43. The molecule has 1 fully saturated rings. The molecule has 0 spiro atoms. The van der Waals surface area contributed by atoms with Gasteiger partial charge in [0.05, 0.1) is 12.3 Å². The van der Waals surface area contributed by atoms with E-state index in [2.05, 4.69) is 13.8 Å². The van der Waals surface area contributed by atoms with Crippen LogP contribution in [0, 0.1) is 0 Å². The number of carbonyl (C=O) groups is 1. The number of carbonyl (C=O) groups excluding carboxylic acids is 1. The standard InChI is InChI=1S/C13H17NO3S/c1-10(2)12-5-3-11(4-6-12)9-14-13(15)7-8-18(14,16)17/h3-6,10H,7-9H2,1-2H3. The second-order valence-corrected chi connectivity index (χ2v) is 6.88. The van der Waals surface area contributed by atoms with Crippen LogP contribution in [0.3, 0.4) is 0 Å². The summed E-state index contributed by atoms with van der Waals surface area (Å²) in [6.07, 6.45) is 0.104. The minimum absolute atomic E-state index is 0.0596. The molecule has 0 atom stereocenters. The molecular weight excluding hydrogens is 250 g/mol. The normalized spacial score (nSPS) is 18.6. The summed E-state index contributed by atoms with van der Waals surface area (Å²) in [5, 5.41) is 0. The highest BCUT2D eigenvalue weighted by molar-refractivity contribution is 7.90. The summed E-state index contributed by atoms with van der Waals surface area (Å²) in [5.74, 6) is 0.0785. The Morgan fingerprint density at radius 3 is 2.28 bits per heavy atom. The maximum atomic E-state index is 11.7. The smallest absolute Gasteiger partial charge is 0.238 e. The second kappa shape index (κ2) is 4.72. The quantitative estimate of drug-likeness (QED) is 0.840. The highest BCUT2D eigenvalue weighted by Gasteiger charge is 2.34. The van der Waals surface area contributed by atoms with Crippen LogP contribution in [0.1, 0.15) is 37.3 Å². The second-order valence-electron chi connectivity index (χ2n) is 4.86. The van der Waals surface area contributed by atoms with Gasteiger partial charge in [-0.05, 0) is 17.0 Å². The highest BCUT2D eigenvalue weighted by atomic mass is 32.2. The predicted octanol–water partition coefficient (Wildman–Crippen LogP) is 1.87. The van der Waals surface area contributed by atoms with Crippen molar-refractivity contribution in [1.29, 1.82) is 0 Å². The van der Waals surface area contributed by atoms with Gasteiger partial charge in [0.15, 0.2) is 0 Å². The van der Waals surface area contributed by atoms with E-state index in [1.54, 1.807) is 0 Å². The molecule has 0 unspecified atom stereocenters. The molecule has 1 amide bonds. The van der Waals surface area contributed by atoms with Crippen LogP contribution in [0.25, 0.3) is 0 Å². The van der Waals surface area contributed by atoms with E-state index in [1.165, 1.54) is 5.56 Å². The summed E-state index contributed by atoms with van der Waals surface area (Å²) >= 11 is 0. The third kappa shape index (κ3) is 2.56. The molecule has 4 nitrogen and oxygen atoms in total. The average molecular weight is 267 g/mol. The van der Waals surface area contributed by atoms with Crippen LogP contribution in [-0.4, -0.2) is 24.4 Å².